The van der Waals surface area contributed by atoms with Crippen molar-refractivity contribution in [3.05, 3.63) is 95.8 Å². The van der Waals surface area contributed by atoms with Gasteiger partial charge >= 0.3 is 5.97 Å². The summed E-state index contributed by atoms with van der Waals surface area (Å²) >= 11 is 0. The van der Waals surface area contributed by atoms with Crippen molar-refractivity contribution in [2.45, 2.75) is 26.0 Å². The van der Waals surface area contributed by atoms with Crippen LogP contribution in [0.4, 0.5) is 0 Å². The van der Waals surface area contributed by atoms with Gasteiger partial charge in [0.15, 0.2) is 0 Å². The number of piperidine rings is 1. The minimum Gasteiger partial charge on any atom is -0.486 e. The number of benzene rings is 3. The molecule has 1 aliphatic heterocycles. The summed E-state index contributed by atoms with van der Waals surface area (Å²) in [6, 6.07) is 24.6. The second kappa shape index (κ2) is 10.6. The lowest BCUT2D eigenvalue weighted by Crippen LogP contribution is -2.39. The Morgan fingerprint density at radius 1 is 0.889 bits per heavy atom. The number of methoxy groups -OCH3 is 1. The number of fused-ring (bicyclic) bond motifs is 1. The Kier molecular flexibility index (Phi) is 6.98. The molecule has 0 bridgehead atoms. The molecular weight excluding hydrogens is 454 g/mol. The van der Waals surface area contributed by atoms with Crippen molar-refractivity contribution >= 4 is 22.9 Å². The summed E-state index contributed by atoms with van der Waals surface area (Å²) in [6.07, 6.45) is 1.83. The first-order chi connectivity index (χ1) is 17.6. The molecule has 7 heteroatoms. The summed E-state index contributed by atoms with van der Waals surface area (Å²) in [5.41, 5.74) is 3.09. The van der Waals surface area contributed by atoms with Crippen molar-refractivity contribution in [2.24, 2.45) is 5.92 Å². The van der Waals surface area contributed by atoms with Crippen LogP contribution in [0, 0.1) is 5.92 Å². The number of para-hydroxylation sites is 3. The molecule has 2 heterocycles. The van der Waals surface area contributed by atoms with Gasteiger partial charge in [0.2, 0.25) is 0 Å². The Bertz CT molecular complexity index is 1340. The number of esters is 1. The lowest BCUT2D eigenvalue weighted by atomic mass is 9.96. The molecule has 1 saturated heterocycles. The third-order valence-electron chi connectivity index (χ3n) is 6.74. The first-order valence-electron chi connectivity index (χ1n) is 12.2. The number of nitrogens with zero attached hydrogens (tertiary/aromatic N) is 3. The predicted octanol–water partition coefficient (Wildman–Crippen LogP) is 4.95. The molecule has 1 aromatic heterocycles. The van der Waals surface area contributed by atoms with Gasteiger partial charge in [-0.15, -0.1) is 0 Å². The van der Waals surface area contributed by atoms with Crippen LogP contribution in [-0.2, 0) is 17.9 Å². The van der Waals surface area contributed by atoms with Gasteiger partial charge in [0.1, 0.15) is 18.2 Å². The molecule has 0 unspecified atom stereocenters. The molecule has 0 saturated carbocycles. The molecule has 0 aliphatic carbocycles. The van der Waals surface area contributed by atoms with Crippen molar-refractivity contribution in [1.82, 2.24) is 14.5 Å². The molecule has 184 valence electrons. The second-order valence-corrected chi connectivity index (χ2v) is 9.03. The number of aromatic nitrogens is 2. The van der Waals surface area contributed by atoms with Gasteiger partial charge in [0.05, 0.1) is 23.7 Å². The van der Waals surface area contributed by atoms with E-state index in [0.29, 0.717) is 36.7 Å². The lowest BCUT2D eigenvalue weighted by molar-refractivity contribution is 0.0598. The fourth-order valence-corrected chi connectivity index (χ4v) is 4.73. The monoisotopic (exact) mass is 483 g/mol. The summed E-state index contributed by atoms with van der Waals surface area (Å²) < 4.78 is 13.0. The molecule has 1 fully saturated rings. The van der Waals surface area contributed by atoms with Crippen LogP contribution >= 0.6 is 0 Å². The number of rotatable bonds is 7. The van der Waals surface area contributed by atoms with E-state index in [1.807, 2.05) is 53.4 Å². The van der Waals surface area contributed by atoms with E-state index >= 15 is 0 Å². The molecule has 5 rings (SSSR count). The Hall–Kier alpha value is -4.13. The Labute approximate surface area is 210 Å². The molecule has 1 amide bonds. The molecule has 0 spiro atoms. The average Bonchev–Trinajstić information content (AvgIpc) is 3.29. The summed E-state index contributed by atoms with van der Waals surface area (Å²) in [5.74, 6) is 1.75. The summed E-state index contributed by atoms with van der Waals surface area (Å²) in [7, 11) is 1.34. The molecule has 36 heavy (non-hydrogen) atoms. The van der Waals surface area contributed by atoms with Gasteiger partial charge in [-0.1, -0.05) is 30.3 Å². The molecule has 1 aliphatic rings. The largest absolute Gasteiger partial charge is 0.486 e. The van der Waals surface area contributed by atoms with E-state index in [0.717, 1.165) is 42.0 Å². The molecule has 7 nitrogen and oxygen atoms in total. The van der Waals surface area contributed by atoms with Crippen LogP contribution in [0.5, 0.6) is 5.75 Å². The van der Waals surface area contributed by atoms with Crippen molar-refractivity contribution in [3.63, 3.8) is 0 Å². The van der Waals surface area contributed by atoms with Crippen LogP contribution in [0.15, 0.2) is 78.9 Å². The molecule has 0 atom stereocenters. The van der Waals surface area contributed by atoms with Crippen molar-refractivity contribution in [1.29, 1.82) is 0 Å². The maximum Gasteiger partial charge on any atom is 0.337 e. The Balaban J connectivity index is 1.24. The van der Waals surface area contributed by atoms with E-state index in [2.05, 4.69) is 10.6 Å². The van der Waals surface area contributed by atoms with E-state index in [-0.39, 0.29) is 5.91 Å². The maximum absolute atomic E-state index is 13.0. The predicted molar refractivity (Wildman–Crippen MR) is 137 cm³/mol. The number of hydrogen-bond acceptors (Lipinski definition) is 5. The van der Waals surface area contributed by atoms with E-state index in [1.165, 1.54) is 7.11 Å². The van der Waals surface area contributed by atoms with Crippen molar-refractivity contribution in [3.8, 4) is 5.75 Å². The highest BCUT2D eigenvalue weighted by atomic mass is 16.5. The Morgan fingerprint density at radius 3 is 2.28 bits per heavy atom. The van der Waals surface area contributed by atoms with E-state index < -0.39 is 5.97 Å². The lowest BCUT2D eigenvalue weighted by Gasteiger charge is -2.32. The van der Waals surface area contributed by atoms with E-state index in [9.17, 15) is 9.59 Å². The van der Waals surface area contributed by atoms with Crippen LogP contribution in [0.3, 0.4) is 0 Å². The third kappa shape index (κ3) is 5.10. The smallest absolute Gasteiger partial charge is 0.337 e. The van der Waals surface area contributed by atoms with Gasteiger partial charge in [-0.05, 0) is 67.3 Å². The number of imidazole rings is 1. The SMILES string of the molecule is COC(=O)c1ccc(C(=O)N2CCC(Cn3c(COc4ccccc4)nc4ccccc43)CC2)cc1. The summed E-state index contributed by atoms with van der Waals surface area (Å²) in [6.45, 7) is 2.64. The van der Waals surface area contributed by atoms with Crippen LogP contribution in [0.2, 0.25) is 0 Å². The molecular formula is C29H29N3O4. The highest BCUT2D eigenvalue weighted by molar-refractivity contribution is 5.96. The zero-order valence-electron chi connectivity index (χ0n) is 20.3. The number of likely N-dealkylation sites (tertiary alicyclic amines) is 1. The van der Waals surface area contributed by atoms with Crippen LogP contribution in [0.25, 0.3) is 11.0 Å². The minimum atomic E-state index is -0.407. The molecule has 3 aromatic carbocycles. The normalized spacial score (nSPS) is 14.1. The average molecular weight is 484 g/mol. The summed E-state index contributed by atoms with van der Waals surface area (Å²) in [5, 5.41) is 0. The number of ether oxygens (including phenoxy) is 2. The fraction of sp³-hybridized carbons (Fsp3) is 0.276. The van der Waals surface area contributed by atoms with Crippen LogP contribution in [-0.4, -0.2) is 46.5 Å². The standard InChI is InChI=1S/C29H29N3O4/c1-35-29(34)23-13-11-22(12-14-23)28(33)31-17-15-21(16-18-31)19-32-26-10-6-5-9-25(26)30-27(32)20-36-24-7-3-2-4-8-24/h2-14,21H,15-20H2,1H3. The first-order valence-corrected chi connectivity index (χ1v) is 12.2. The van der Waals surface area contributed by atoms with E-state index in [1.54, 1.807) is 24.3 Å². The highest BCUT2D eigenvalue weighted by Crippen LogP contribution is 2.25. The topological polar surface area (TPSA) is 73.7 Å². The molecule has 0 radical (unpaired) electrons. The number of amides is 1. The number of carbonyl (C=O) groups is 2. The van der Waals surface area contributed by atoms with Gasteiger partial charge in [-0.3, -0.25) is 4.79 Å². The van der Waals surface area contributed by atoms with Gasteiger partial charge in [-0.2, -0.15) is 0 Å². The van der Waals surface area contributed by atoms with E-state index in [4.69, 9.17) is 14.5 Å². The zero-order valence-corrected chi connectivity index (χ0v) is 20.3. The van der Waals surface area contributed by atoms with Crippen LogP contribution in [0.1, 0.15) is 39.4 Å². The minimum absolute atomic E-state index is 0.00473. The highest BCUT2D eigenvalue weighted by Gasteiger charge is 2.25. The number of carbonyl (C=O) groups excluding carboxylic acids is 2. The van der Waals surface area contributed by atoms with Crippen LogP contribution < -0.4 is 4.74 Å². The fourth-order valence-electron chi connectivity index (χ4n) is 4.73. The van der Waals surface area contributed by atoms with Crippen molar-refractivity contribution in [2.75, 3.05) is 20.2 Å². The third-order valence-corrected chi connectivity index (χ3v) is 6.74. The number of hydrogen-bond donors (Lipinski definition) is 0. The summed E-state index contributed by atoms with van der Waals surface area (Å²) in [4.78, 5) is 31.4. The van der Waals surface area contributed by atoms with Gasteiger partial charge in [0.25, 0.3) is 5.91 Å². The zero-order chi connectivity index (χ0) is 24.9. The molecule has 4 aromatic rings. The quantitative estimate of drug-likeness (QED) is 0.348. The maximum atomic E-state index is 13.0. The molecule has 0 N–H and O–H groups in total. The first kappa shape index (κ1) is 23.6. The Morgan fingerprint density at radius 2 is 1.56 bits per heavy atom. The van der Waals surface area contributed by atoms with Gasteiger partial charge in [-0.25, -0.2) is 9.78 Å². The second-order valence-electron chi connectivity index (χ2n) is 9.03. The van der Waals surface area contributed by atoms with Gasteiger partial charge < -0.3 is 18.9 Å². The van der Waals surface area contributed by atoms with Gasteiger partial charge in [0, 0.05) is 25.2 Å². The van der Waals surface area contributed by atoms with Crippen molar-refractivity contribution < 1.29 is 19.1 Å².